The molecule has 0 unspecified atom stereocenters. The van der Waals surface area contributed by atoms with E-state index in [2.05, 4.69) is 5.10 Å². The second kappa shape index (κ2) is 5.46. The first-order chi connectivity index (χ1) is 10.2. The van der Waals surface area contributed by atoms with Gasteiger partial charge in [0.05, 0.1) is 13.1 Å². The third-order valence-electron chi connectivity index (χ3n) is 3.42. The van der Waals surface area contributed by atoms with E-state index >= 15 is 0 Å². The molecule has 0 bridgehead atoms. The summed E-state index contributed by atoms with van der Waals surface area (Å²) in [7, 11) is 0. The standard InChI is InChI=1S/C16H14FN3O/c17-14-8-4-3-7-13(14)16-12-6-2-1-5-11(12)9-15(21)20(10-18)19-16/h1-8H,9-10,18H2. The minimum atomic E-state index is -0.377. The quantitative estimate of drug-likeness (QED) is 0.914. The molecule has 106 valence electrons. The lowest BCUT2D eigenvalue weighted by Crippen LogP contribution is -2.32. The van der Waals surface area contributed by atoms with E-state index < -0.39 is 0 Å². The number of hydrazone groups is 1. The lowest BCUT2D eigenvalue weighted by atomic mass is 9.96. The number of carbonyl (C=O) groups excluding carboxylic acids is 1. The molecule has 0 fully saturated rings. The van der Waals surface area contributed by atoms with E-state index in [9.17, 15) is 9.18 Å². The van der Waals surface area contributed by atoms with Gasteiger partial charge in [-0.3, -0.25) is 4.79 Å². The Morgan fingerprint density at radius 2 is 1.76 bits per heavy atom. The molecule has 0 radical (unpaired) electrons. The fourth-order valence-electron chi connectivity index (χ4n) is 2.38. The molecular weight excluding hydrogens is 269 g/mol. The zero-order valence-corrected chi connectivity index (χ0v) is 11.3. The highest BCUT2D eigenvalue weighted by Crippen LogP contribution is 2.22. The molecule has 2 N–H and O–H groups in total. The largest absolute Gasteiger partial charge is 0.312 e. The fraction of sp³-hybridized carbons (Fsp3) is 0.125. The Labute approximate surface area is 121 Å². The molecule has 0 aromatic heterocycles. The Hall–Kier alpha value is -2.53. The number of halogens is 1. The van der Waals surface area contributed by atoms with Gasteiger partial charge < -0.3 is 5.73 Å². The van der Waals surface area contributed by atoms with Gasteiger partial charge in [-0.05, 0) is 17.7 Å². The molecule has 0 spiro atoms. The molecule has 2 aromatic carbocycles. The number of rotatable bonds is 2. The van der Waals surface area contributed by atoms with Gasteiger partial charge in [0.25, 0.3) is 0 Å². The van der Waals surface area contributed by atoms with Crippen molar-refractivity contribution in [2.24, 2.45) is 10.8 Å². The van der Waals surface area contributed by atoms with Gasteiger partial charge in [-0.1, -0.05) is 36.4 Å². The van der Waals surface area contributed by atoms with E-state index in [1.54, 1.807) is 18.2 Å². The SMILES string of the molecule is NCN1N=C(c2ccccc2F)c2ccccc2CC1=O. The molecular formula is C16H14FN3O. The molecule has 0 atom stereocenters. The van der Waals surface area contributed by atoms with Crippen molar-refractivity contribution in [3.63, 3.8) is 0 Å². The van der Waals surface area contributed by atoms with Gasteiger partial charge in [0.15, 0.2) is 0 Å². The number of hydrogen-bond donors (Lipinski definition) is 1. The van der Waals surface area contributed by atoms with Crippen molar-refractivity contribution in [1.82, 2.24) is 5.01 Å². The van der Waals surface area contributed by atoms with Crippen LogP contribution in [0.15, 0.2) is 53.6 Å². The molecule has 4 nitrogen and oxygen atoms in total. The van der Waals surface area contributed by atoms with Crippen molar-refractivity contribution < 1.29 is 9.18 Å². The van der Waals surface area contributed by atoms with Crippen LogP contribution in [-0.2, 0) is 11.2 Å². The summed E-state index contributed by atoms with van der Waals surface area (Å²) in [6, 6.07) is 13.8. The van der Waals surface area contributed by atoms with Crippen LogP contribution in [-0.4, -0.2) is 23.3 Å². The van der Waals surface area contributed by atoms with Gasteiger partial charge in [0.2, 0.25) is 5.91 Å². The summed E-state index contributed by atoms with van der Waals surface area (Å²) in [5.41, 5.74) is 7.95. The van der Waals surface area contributed by atoms with Crippen LogP contribution in [0.5, 0.6) is 0 Å². The summed E-state index contributed by atoms with van der Waals surface area (Å²) in [5.74, 6) is -0.575. The van der Waals surface area contributed by atoms with Gasteiger partial charge in [-0.15, -0.1) is 0 Å². The number of hydrogen-bond acceptors (Lipinski definition) is 3. The molecule has 2 aromatic rings. The number of amides is 1. The van der Waals surface area contributed by atoms with Crippen LogP contribution >= 0.6 is 0 Å². The predicted molar refractivity (Wildman–Crippen MR) is 78.1 cm³/mol. The Balaban J connectivity index is 2.24. The Morgan fingerprint density at radius 3 is 2.48 bits per heavy atom. The predicted octanol–water partition coefficient (Wildman–Crippen LogP) is 1.88. The maximum Gasteiger partial charge on any atom is 0.248 e. The fourth-order valence-corrected chi connectivity index (χ4v) is 2.38. The molecule has 1 aliphatic heterocycles. The van der Waals surface area contributed by atoms with Gasteiger partial charge >= 0.3 is 0 Å². The van der Waals surface area contributed by atoms with Crippen molar-refractivity contribution in [3.05, 3.63) is 71.0 Å². The Morgan fingerprint density at radius 1 is 1.10 bits per heavy atom. The summed E-state index contributed by atoms with van der Waals surface area (Å²) in [6.45, 7) is -0.0369. The maximum absolute atomic E-state index is 14.1. The van der Waals surface area contributed by atoms with Crippen molar-refractivity contribution in [3.8, 4) is 0 Å². The molecule has 0 saturated carbocycles. The highest BCUT2D eigenvalue weighted by Gasteiger charge is 2.24. The topological polar surface area (TPSA) is 58.7 Å². The molecule has 21 heavy (non-hydrogen) atoms. The Kier molecular flexibility index (Phi) is 3.50. The number of nitrogens with two attached hydrogens (primary N) is 1. The average Bonchev–Trinajstić information content (AvgIpc) is 2.64. The normalized spacial score (nSPS) is 14.5. The van der Waals surface area contributed by atoms with Crippen LogP contribution < -0.4 is 5.73 Å². The van der Waals surface area contributed by atoms with E-state index in [0.717, 1.165) is 11.1 Å². The highest BCUT2D eigenvalue weighted by molar-refractivity contribution is 6.15. The van der Waals surface area contributed by atoms with Gasteiger partial charge in [-0.25, -0.2) is 9.40 Å². The maximum atomic E-state index is 14.1. The average molecular weight is 283 g/mol. The number of nitrogens with zero attached hydrogens (tertiary/aromatic N) is 2. The van der Waals surface area contributed by atoms with Gasteiger partial charge in [0.1, 0.15) is 11.5 Å². The van der Waals surface area contributed by atoms with Crippen LogP contribution in [0.1, 0.15) is 16.7 Å². The summed E-state index contributed by atoms with van der Waals surface area (Å²) >= 11 is 0. The lowest BCUT2D eigenvalue weighted by Gasteiger charge is -2.13. The van der Waals surface area contributed by atoms with E-state index in [0.29, 0.717) is 11.3 Å². The molecule has 3 rings (SSSR count). The van der Waals surface area contributed by atoms with Crippen molar-refractivity contribution >= 4 is 11.6 Å². The zero-order valence-electron chi connectivity index (χ0n) is 11.3. The molecule has 0 aliphatic carbocycles. The molecule has 1 heterocycles. The monoisotopic (exact) mass is 283 g/mol. The van der Waals surface area contributed by atoms with Crippen LogP contribution in [0, 0.1) is 5.82 Å². The number of benzene rings is 2. The minimum Gasteiger partial charge on any atom is -0.312 e. The van der Waals surface area contributed by atoms with E-state index in [4.69, 9.17) is 5.73 Å². The van der Waals surface area contributed by atoms with Crippen LogP contribution in [0.25, 0.3) is 0 Å². The first kappa shape index (κ1) is 13.5. The molecule has 1 aliphatic rings. The summed E-state index contributed by atoms with van der Waals surface area (Å²) in [5, 5.41) is 5.47. The molecule has 1 amide bonds. The second-order valence-electron chi connectivity index (χ2n) is 4.74. The van der Waals surface area contributed by atoms with Crippen LogP contribution in [0.3, 0.4) is 0 Å². The number of carbonyl (C=O) groups is 1. The summed E-state index contributed by atoms with van der Waals surface area (Å²) in [6.07, 6.45) is 0.203. The van der Waals surface area contributed by atoms with Crippen LogP contribution in [0.4, 0.5) is 4.39 Å². The summed E-state index contributed by atoms with van der Waals surface area (Å²) in [4.78, 5) is 12.1. The zero-order chi connectivity index (χ0) is 14.8. The minimum absolute atomic E-state index is 0.0369. The number of fused-ring (bicyclic) bond motifs is 1. The lowest BCUT2D eigenvalue weighted by molar-refractivity contribution is -0.130. The second-order valence-corrected chi connectivity index (χ2v) is 4.74. The smallest absolute Gasteiger partial charge is 0.248 e. The third-order valence-corrected chi connectivity index (χ3v) is 3.42. The summed E-state index contributed by atoms with van der Waals surface area (Å²) < 4.78 is 14.1. The van der Waals surface area contributed by atoms with Crippen LogP contribution in [0.2, 0.25) is 0 Å². The van der Waals surface area contributed by atoms with E-state index in [1.165, 1.54) is 11.1 Å². The van der Waals surface area contributed by atoms with Crippen molar-refractivity contribution in [2.75, 3.05) is 6.67 Å². The Bertz CT molecular complexity index is 727. The third kappa shape index (κ3) is 2.43. The van der Waals surface area contributed by atoms with Gasteiger partial charge in [0, 0.05) is 11.1 Å². The molecule has 5 heteroatoms. The first-order valence-electron chi connectivity index (χ1n) is 6.63. The first-order valence-corrected chi connectivity index (χ1v) is 6.63. The molecule has 0 saturated heterocycles. The highest BCUT2D eigenvalue weighted by atomic mass is 19.1. The van der Waals surface area contributed by atoms with E-state index in [-0.39, 0.29) is 24.8 Å². The van der Waals surface area contributed by atoms with Crippen molar-refractivity contribution in [1.29, 1.82) is 0 Å². The van der Waals surface area contributed by atoms with Gasteiger partial charge in [-0.2, -0.15) is 5.10 Å². The van der Waals surface area contributed by atoms with Crippen molar-refractivity contribution in [2.45, 2.75) is 6.42 Å². The van der Waals surface area contributed by atoms with E-state index in [1.807, 2.05) is 24.3 Å².